The van der Waals surface area contributed by atoms with Crippen LogP contribution < -0.4 is 14.8 Å². The fourth-order valence-electron chi connectivity index (χ4n) is 3.28. The normalized spacial score (nSPS) is 18.5. The Bertz CT molecular complexity index is 1000. The second kappa shape index (κ2) is 9.34. The van der Waals surface area contributed by atoms with Crippen molar-refractivity contribution in [1.29, 1.82) is 0 Å². The summed E-state index contributed by atoms with van der Waals surface area (Å²) in [6.45, 7) is 4.66. The number of hydrogen-bond acceptors (Lipinski definition) is 6. The lowest BCUT2D eigenvalue weighted by atomic mass is 10.0. The molecule has 1 fully saturated rings. The Balaban J connectivity index is 2.00. The molecule has 1 saturated heterocycles. The van der Waals surface area contributed by atoms with Gasteiger partial charge >= 0.3 is 5.97 Å². The number of nitrogens with zero attached hydrogens (tertiary/aromatic N) is 2. The van der Waals surface area contributed by atoms with Crippen LogP contribution in [-0.2, 0) is 20.9 Å². The van der Waals surface area contributed by atoms with Crippen LogP contribution in [0, 0.1) is 0 Å². The molecule has 1 amide bonds. The highest BCUT2D eigenvalue weighted by Crippen LogP contribution is 2.16. The summed E-state index contributed by atoms with van der Waals surface area (Å²) in [7, 11) is 0. The molecule has 0 aliphatic carbocycles. The van der Waals surface area contributed by atoms with Crippen LogP contribution in [0.25, 0.3) is 12.2 Å². The molecule has 0 aromatic carbocycles. The van der Waals surface area contributed by atoms with E-state index in [1.807, 2.05) is 28.7 Å². The van der Waals surface area contributed by atoms with Crippen LogP contribution in [-0.4, -0.2) is 40.5 Å². The Labute approximate surface area is 171 Å². The van der Waals surface area contributed by atoms with Gasteiger partial charge in [0, 0.05) is 12.6 Å². The number of likely N-dealkylation sites (tertiary alicyclic amines) is 1. The lowest BCUT2D eigenvalue weighted by molar-refractivity contribution is -0.136. The van der Waals surface area contributed by atoms with Crippen LogP contribution in [0.1, 0.15) is 38.7 Å². The van der Waals surface area contributed by atoms with E-state index in [1.165, 1.54) is 22.0 Å². The first-order valence-corrected chi connectivity index (χ1v) is 11.2. The molecule has 0 unspecified atom stereocenters. The molecule has 150 valence electrons. The van der Waals surface area contributed by atoms with E-state index in [4.69, 9.17) is 4.74 Å². The van der Waals surface area contributed by atoms with Crippen molar-refractivity contribution in [3.05, 3.63) is 41.9 Å². The standard InChI is InChI=1S/C20H24N2O4S2/c1-3-26-19(24)11-18-22(12-17(23)21-8-5-4-6-14(21)2)20(25)16(28-18)10-15-7-9-27-13-15/h7,9-11,13-14H,3-6,8,12H2,1-2H3/b16-10-,18-11-/t14-/m1/s1. The third-order valence-electron chi connectivity index (χ3n) is 4.72. The van der Waals surface area contributed by atoms with Crippen molar-refractivity contribution in [3.63, 3.8) is 0 Å². The van der Waals surface area contributed by atoms with Crippen LogP contribution in [0.15, 0.2) is 21.6 Å². The Hall–Kier alpha value is -2.19. The molecule has 0 spiro atoms. The second-order valence-electron chi connectivity index (χ2n) is 6.73. The van der Waals surface area contributed by atoms with Crippen molar-refractivity contribution < 1.29 is 14.3 Å². The van der Waals surface area contributed by atoms with Gasteiger partial charge in [-0.3, -0.25) is 14.2 Å². The first kappa shape index (κ1) is 20.5. The van der Waals surface area contributed by atoms with Crippen molar-refractivity contribution in [2.75, 3.05) is 13.2 Å². The molecule has 3 heterocycles. The molecule has 0 saturated carbocycles. The van der Waals surface area contributed by atoms with Crippen molar-refractivity contribution in [2.24, 2.45) is 0 Å². The molecule has 1 atom stereocenters. The Morgan fingerprint density at radius 2 is 2.18 bits per heavy atom. The van der Waals surface area contributed by atoms with Gasteiger partial charge in [-0.15, -0.1) is 11.3 Å². The molecule has 0 bridgehead atoms. The predicted octanol–water partition coefficient (Wildman–Crippen LogP) is 1.54. The largest absolute Gasteiger partial charge is 0.463 e. The van der Waals surface area contributed by atoms with E-state index in [1.54, 1.807) is 24.3 Å². The third-order valence-corrected chi connectivity index (χ3v) is 6.48. The zero-order chi connectivity index (χ0) is 20.1. The summed E-state index contributed by atoms with van der Waals surface area (Å²) in [6, 6.07) is 2.09. The summed E-state index contributed by atoms with van der Waals surface area (Å²) in [4.78, 5) is 39.6. The van der Waals surface area contributed by atoms with E-state index >= 15 is 0 Å². The minimum absolute atomic E-state index is 0.0671. The molecule has 0 radical (unpaired) electrons. The fraction of sp³-hybridized carbons (Fsp3) is 0.450. The summed E-state index contributed by atoms with van der Waals surface area (Å²) in [5.74, 6) is -0.605. The molecule has 8 heteroatoms. The van der Waals surface area contributed by atoms with E-state index in [0.717, 1.165) is 24.8 Å². The highest BCUT2D eigenvalue weighted by atomic mass is 32.1. The molecule has 0 N–H and O–H groups in total. The molecule has 6 nitrogen and oxygen atoms in total. The van der Waals surface area contributed by atoms with Gasteiger partial charge in [0.05, 0.1) is 17.2 Å². The average molecular weight is 421 g/mol. The van der Waals surface area contributed by atoms with E-state index in [-0.39, 0.29) is 30.7 Å². The van der Waals surface area contributed by atoms with Gasteiger partial charge in [-0.2, -0.15) is 11.3 Å². The molecule has 2 aromatic rings. The van der Waals surface area contributed by atoms with Gasteiger partial charge in [0.15, 0.2) is 0 Å². The average Bonchev–Trinajstić information content (AvgIpc) is 3.26. The van der Waals surface area contributed by atoms with Gasteiger partial charge in [0.2, 0.25) is 5.91 Å². The minimum Gasteiger partial charge on any atom is -0.463 e. The summed E-state index contributed by atoms with van der Waals surface area (Å²) in [5.41, 5.74) is 0.666. The Morgan fingerprint density at radius 3 is 2.86 bits per heavy atom. The number of piperidine rings is 1. The quantitative estimate of drug-likeness (QED) is 0.689. The van der Waals surface area contributed by atoms with E-state index in [9.17, 15) is 14.4 Å². The lowest BCUT2D eigenvalue weighted by Crippen LogP contribution is -2.46. The first-order valence-electron chi connectivity index (χ1n) is 9.41. The van der Waals surface area contributed by atoms with Crippen LogP contribution >= 0.6 is 22.7 Å². The van der Waals surface area contributed by atoms with Crippen LogP contribution in [0.3, 0.4) is 0 Å². The number of carbonyl (C=O) groups is 2. The maximum atomic E-state index is 13.0. The topological polar surface area (TPSA) is 68.6 Å². The molecular formula is C20H24N2O4S2. The zero-order valence-electron chi connectivity index (χ0n) is 16.1. The number of hydrogen-bond donors (Lipinski definition) is 0. The smallest absolute Gasteiger partial charge is 0.333 e. The third kappa shape index (κ3) is 4.80. The van der Waals surface area contributed by atoms with Gasteiger partial charge in [-0.1, -0.05) is 0 Å². The Kier molecular flexibility index (Phi) is 6.85. The van der Waals surface area contributed by atoms with Crippen LogP contribution in [0.5, 0.6) is 0 Å². The predicted molar refractivity (Wildman–Crippen MR) is 112 cm³/mol. The van der Waals surface area contributed by atoms with Gasteiger partial charge in [0.1, 0.15) is 11.2 Å². The highest BCUT2D eigenvalue weighted by Gasteiger charge is 2.24. The van der Waals surface area contributed by atoms with Crippen LogP contribution in [0.4, 0.5) is 0 Å². The number of ether oxygens (including phenoxy) is 1. The summed E-state index contributed by atoms with van der Waals surface area (Å²) < 4.78 is 7.31. The molecule has 28 heavy (non-hydrogen) atoms. The first-order chi connectivity index (χ1) is 13.5. The maximum absolute atomic E-state index is 13.0. The number of carbonyl (C=O) groups excluding carboxylic acids is 2. The molecular weight excluding hydrogens is 396 g/mol. The summed E-state index contributed by atoms with van der Waals surface area (Å²) >= 11 is 2.74. The number of thiazole rings is 1. The minimum atomic E-state index is -0.515. The van der Waals surface area contributed by atoms with Gasteiger partial charge in [-0.05, 0) is 61.6 Å². The number of aromatic nitrogens is 1. The second-order valence-corrected chi connectivity index (χ2v) is 8.57. The SMILES string of the molecule is CCOC(=O)/C=c1\s/c(=C\c2ccsc2)c(=O)n1CC(=O)N1CCCC[C@H]1C. The van der Waals surface area contributed by atoms with Crippen molar-refractivity contribution >= 4 is 46.7 Å². The molecule has 3 rings (SSSR count). The van der Waals surface area contributed by atoms with Gasteiger partial charge in [0.25, 0.3) is 5.56 Å². The summed E-state index contributed by atoms with van der Waals surface area (Å²) in [5, 5.41) is 3.88. The fourth-order valence-corrected chi connectivity index (χ4v) is 4.93. The highest BCUT2D eigenvalue weighted by molar-refractivity contribution is 7.08. The van der Waals surface area contributed by atoms with Gasteiger partial charge in [-0.25, -0.2) is 4.79 Å². The number of amides is 1. The number of esters is 1. The van der Waals surface area contributed by atoms with E-state index < -0.39 is 5.97 Å². The van der Waals surface area contributed by atoms with Crippen molar-refractivity contribution in [3.8, 4) is 0 Å². The van der Waals surface area contributed by atoms with Crippen molar-refractivity contribution in [1.82, 2.24) is 9.47 Å². The molecule has 1 aliphatic heterocycles. The molecule has 1 aliphatic rings. The van der Waals surface area contributed by atoms with Gasteiger partial charge < -0.3 is 9.64 Å². The zero-order valence-corrected chi connectivity index (χ0v) is 17.7. The van der Waals surface area contributed by atoms with Crippen LogP contribution in [0.2, 0.25) is 0 Å². The Morgan fingerprint density at radius 1 is 1.36 bits per heavy atom. The van der Waals surface area contributed by atoms with E-state index in [0.29, 0.717) is 15.7 Å². The number of thiophene rings is 1. The van der Waals surface area contributed by atoms with Crippen molar-refractivity contribution in [2.45, 2.75) is 45.7 Å². The monoisotopic (exact) mass is 420 g/mol. The number of rotatable bonds is 5. The molecule has 2 aromatic heterocycles. The summed E-state index contributed by atoms with van der Waals surface area (Å²) in [6.07, 6.45) is 6.16. The maximum Gasteiger partial charge on any atom is 0.333 e. The lowest BCUT2D eigenvalue weighted by Gasteiger charge is -2.33. The van der Waals surface area contributed by atoms with E-state index in [2.05, 4.69) is 0 Å².